The first-order valence-corrected chi connectivity index (χ1v) is 12.4. The lowest BCUT2D eigenvalue weighted by Gasteiger charge is -2.38. The fourth-order valence-electron chi connectivity index (χ4n) is 2.74. The summed E-state index contributed by atoms with van der Waals surface area (Å²) in [6.07, 6.45) is -0.149. The molecule has 0 aromatic rings. The van der Waals surface area contributed by atoms with Crippen molar-refractivity contribution in [1.29, 1.82) is 0 Å². The monoisotopic (exact) mass is 400 g/mol. The van der Waals surface area contributed by atoms with Crippen molar-refractivity contribution >= 4 is 26.1 Å². The summed E-state index contributed by atoms with van der Waals surface area (Å²) >= 11 is 0. The molecule has 2 atom stereocenters. The van der Waals surface area contributed by atoms with Crippen LogP contribution in [0.3, 0.4) is 0 Å². The molecule has 1 rings (SSSR count). The summed E-state index contributed by atoms with van der Waals surface area (Å²) in [6, 6.07) is -0.403. The molecule has 27 heavy (non-hydrogen) atoms. The standard InChI is InChI=1S/C19H36N2O5Si/c1-18(2,3)25-17(24)21-12-14(26-27(8,9)19(4,5)6)10-13(21)11-15(22)16(23)20-7/h13-14H,10-12H2,1-9H3,(H,20,23)/t13-,14+/m0/s1. The van der Waals surface area contributed by atoms with Crippen LogP contribution in [0.5, 0.6) is 0 Å². The summed E-state index contributed by atoms with van der Waals surface area (Å²) in [5, 5.41) is 2.38. The highest BCUT2D eigenvalue weighted by atomic mass is 28.4. The number of rotatable bonds is 5. The molecule has 1 aliphatic rings. The predicted molar refractivity (Wildman–Crippen MR) is 107 cm³/mol. The number of likely N-dealkylation sites (N-methyl/N-ethyl adjacent to an activating group) is 1. The van der Waals surface area contributed by atoms with Crippen molar-refractivity contribution in [3.05, 3.63) is 0 Å². The summed E-state index contributed by atoms with van der Waals surface area (Å²) in [5.74, 6) is -1.18. The summed E-state index contributed by atoms with van der Waals surface area (Å²) in [7, 11) is -0.602. The average molecular weight is 401 g/mol. The third kappa shape index (κ3) is 6.60. The molecule has 1 heterocycles. The fourth-order valence-corrected chi connectivity index (χ4v) is 4.09. The molecule has 0 spiro atoms. The van der Waals surface area contributed by atoms with Crippen LogP contribution in [0.15, 0.2) is 0 Å². The van der Waals surface area contributed by atoms with Crippen LogP contribution in [0.1, 0.15) is 54.4 Å². The van der Waals surface area contributed by atoms with Gasteiger partial charge in [0, 0.05) is 26.1 Å². The summed E-state index contributed by atoms with van der Waals surface area (Å²) in [6.45, 7) is 16.6. The van der Waals surface area contributed by atoms with Crippen molar-refractivity contribution in [2.24, 2.45) is 0 Å². The fraction of sp³-hybridized carbons (Fsp3) is 0.842. The van der Waals surface area contributed by atoms with Crippen LogP contribution >= 0.6 is 0 Å². The van der Waals surface area contributed by atoms with Crippen LogP contribution in [0.25, 0.3) is 0 Å². The van der Waals surface area contributed by atoms with Crippen LogP contribution in [-0.2, 0) is 18.8 Å². The van der Waals surface area contributed by atoms with Crippen LogP contribution in [0.4, 0.5) is 4.79 Å². The van der Waals surface area contributed by atoms with E-state index >= 15 is 0 Å². The largest absolute Gasteiger partial charge is 0.444 e. The van der Waals surface area contributed by atoms with E-state index in [1.54, 1.807) is 25.7 Å². The Morgan fingerprint density at radius 2 is 1.67 bits per heavy atom. The molecule has 2 amide bonds. The highest BCUT2D eigenvalue weighted by Gasteiger charge is 2.45. The van der Waals surface area contributed by atoms with Gasteiger partial charge in [0.2, 0.25) is 5.78 Å². The molecule has 156 valence electrons. The molecule has 0 aromatic heterocycles. The van der Waals surface area contributed by atoms with Crippen molar-refractivity contribution in [3.63, 3.8) is 0 Å². The van der Waals surface area contributed by atoms with Crippen molar-refractivity contribution in [2.75, 3.05) is 13.6 Å². The van der Waals surface area contributed by atoms with Gasteiger partial charge >= 0.3 is 6.09 Å². The molecule has 1 aliphatic heterocycles. The van der Waals surface area contributed by atoms with Gasteiger partial charge in [0.1, 0.15) is 5.60 Å². The number of amides is 2. The Labute approximate surface area is 164 Å². The van der Waals surface area contributed by atoms with Gasteiger partial charge in [0.05, 0.1) is 6.10 Å². The molecular formula is C19H36N2O5Si. The van der Waals surface area contributed by atoms with E-state index in [1.807, 2.05) is 0 Å². The summed E-state index contributed by atoms with van der Waals surface area (Å²) in [5.41, 5.74) is -0.634. The van der Waals surface area contributed by atoms with Crippen LogP contribution < -0.4 is 5.32 Å². The van der Waals surface area contributed by atoms with Crippen molar-refractivity contribution in [3.8, 4) is 0 Å². The SMILES string of the molecule is CNC(=O)C(=O)C[C@@H]1C[C@@H](O[Si](C)(C)C(C)(C)C)CN1C(=O)OC(C)(C)C. The smallest absolute Gasteiger partial charge is 0.410 e. The Morgan fingerprint density at radius 1 is 1.11 bits per heavy atom. The van der Waals surface area contributed by atoms with Gasteiger partial charge in [-0.15, -0.1) is 0 Å². The van der Waals surface area contributed by atoms with E-state index in [4.69, 9.17) is 9.16 Å². The van der Waals surface area contributed by atoms with Gasteiger partial charge in [0.25, 0.3) is 5.91 Å². The molecular weight excluding hydrogens is 364 g/mol. The van der Waals surface area contributed by atoms with E-state index in [0.717, 1.165) is 0 Å². The van der Waals surface area contributed by atoms with E-state index in [2.05, 4.69) is 39.2 Å². The number of carbonyl (C=O) groups is 3. The molecule has 0 radical (unpaired) electrons. The third-order valence-corrected chi connectivity index (χ3v) is 9.71. The Balaban J connectivity index is 2.97. The van der Waals surface area contributed by atoms with Crippen molar-refractivity contribution in [2.45, 2.75) is 90.3 Å². The summed E-state index contributed by atoms with van der Waals surface area (Å²) in [4.78, 5) is 37.9. The second-order valence-corrected chi connectivity index (χ2v) is 14.5. The lowest BCUT2D eigenvalue weighted by Crippen LogP contribution is -2.45. The number of nitrogens with zero attached hydrogens (tertiary/aromatic N) is 1. The maximum Gasteiger partial charge on any atom is 0.410 e. The number of Topliss-reactive ketones (excluding diaryl/α,β-unsaturated/α-hetero) is 1. The zero-order valence-electron chi connectivity index (χ0n) is 18.3. The molecule has 7 nitrogen and oxygen atoms in total. The Kier molecular flexibility index (Phi) is 7.27. The molecule has 0 aliphatic carbocycles. The van der Waals surface area contributed by atoms with Gasteiger partial charge in [-0.25, -0.2) is 4.79 Å². The second-order valence-electron chi connectivity index (χ2n) is 9.73. The number of hydrogen-bond acceptors (Lipinski definition) is 5. The minimum Gasteiger partial charge on any atom is -0.444 e. The van der Waals surface area contributed by atoms with Crippen LogP contribution in [0, 0.1) is 0 Å². The highest BCUT2D eigenvalue weighted by molar-refractivity contribution is 6.74. The van der Waals surface area contributed by atoms with Gasteiger partial charge in [-0.05, 0) is 45.3 Å². The zero-order chi connectivity index (χ0) is 21.2. The van der Waals surface area contributed by atoms with E-state index < -0.39 is 37.7 Å². The lowest BCUT2D eigenvalue weighted by atomic mass is 10.1. The van der Waals surface area contributed by atoms with Gasteiger partial charge < -0.3 is 19.4 Å². The van der Waals surface area contributed by atoms with Gasteiger partial charge in [0.15, 0.2) is 8.32 Å². The molecule has 0 unspecified atom stereocenters. The molecule has 1 fully saturated rings. The molecule has 0 saturated carbocycles. The first-order valence-electron chi connectivity index (χ1n) is 9.50. The number of carbonyl (C=O) groups excluding carboxylic acids is 3. The number of nitrogens with one attached hydrogen (secondary N) is 1. The van der Waals surface area contributed by atoms with Crippen molar-refractivity contribution < 1.29 is 23.5 Å². The Hall–Kier alpha value is -1.41. The van der Waals surface area contributed by atoms with Crippen LogP contribution in [0.2, 0.25) is 18.1 Å². The number of likely N-dealkylation sites (tertiary alicyclic amines) is 1. The van der Waals surface area contributed by atoms with E-state index in [9.17, 15) is 14.4 Å². The number of ketones is 1. The van der Waals surface area contributed by atoms with Crippen molar-refractivity contribution in [1.82, 2.24) is 10.2 Å². The second kappa shape index (κ2) is 8.30. The molecule has 1 saturated heterocycles. The van der Waals surface area contributed by atoms with E-state index in [-0.39, 0.29) is 17.6 Å². The third-order valence-electron chi connectivity index (χ3n) is 5.17. The molecule has 8 heteroatoms. The minimum absolute atomic E-state index is 0.0315. The first kappa shape index (κ1) is 23.6. The maximum atomic E-state index is 12.6. The highest BCUT2D eigenvalue weighted by Crippen LogP contribution is 2.39. The normalized spacial score (nSPS) is 21.1. The summed E-state index contributed by atoms with van der Waals surface area (Å²) < 4.78 is 11.9. The molecule has 1 N–H and O–H groups in total. The van der Waals surface area contributed by atoms with Gasteiger partial charge in [-0.3, -0.25) is 9.59 Å². The molecule has 0 bridgehead atoms. The number of hydrogen-bond donors (Lipinski definition) is 1. The van der Waals surface area contributed by atoms with E-state index in [1.165, 1.54) is 7.05 Å². The van der Waals surface area contributed by atoms with Gasteiger partial charge in [-0.2, -0.15) is 0 Å². The lowest BCUT2D eigenvalue weighted by molar-refractivity contribution is -0.138. The van der Waals surface area contributed by atoms with Crippen LogP contribution in [-0.4, -0.2) is 62.3 Å². The van der Waals surface area contributed by atoms with Gasteiger partial charge in [-0.1, -0.05) is 20.8 Å². The topological polar surface area (TPSA) is 84.9 Å². The van der Waals surface area contributed by atoms with E-state index in [0.29, 0.717) is 13.0 Å². The Bertz CT molecular complexity index is 578. The quantitative estimate of drug-likeness (QED) is 0.566. The molecule has 0 aromatic carbocycles. The average Bonchev–Trinajstić information content (AvgIpc) is 2.85. The first-order chi connectivity index (χ1) is 12.1. The predicted octanol–water partition coefficient (Wildman–Crippen LogP) is 3.09. The maximum absolute atomic E-state index is 12.6. The number of ether oxygens (including phenoxy) is 1. The Morgan fingerprint density at radius 3 is 2.11 bits per heavy atom. The zero-order valence-corrected chi connectivity index (χ0v) is 19.3. The minimum atomic E-state index is -2.02.